The Labute approximate surface area is 67.8 Å². The van der Waals surface area contributed by atoms with Crippen LogP contribution in [0.4, 0.5) is 0 Å². The van der Waals surface area contributed by atoms with Crippen molar-refractivity contribution in [2.45, 2.75) is 25.7 Å². The predicted octanol–water partition coefficient (Wildman–Crippen LogP) is 0.786. The standard InChI is InChI=1S/C10H13O/c11-7-10-8-5-3-1-2-4-6-9(8)10/h8-10H,3-7H2/q-1. The smallest absolute Gasteiger partial charge is 0.00915 e. The Bertz CT molecular complexity index is 181. The van der Waals surface area contributed by atoms with Gasteiger partial charge < -0.3 is 5.11 Å². The van der Waals surface area contributed by atoms with Crippen molar-refractivity contribution in [3.63, 3.8) is 0 Å². The Hall–Kier alpha value is -0.480. The third-order valence-corrected chi connectivity index (χ3v) is 3.03. The summed E-state index contributed by atoms with van der Waals surface area (Å²) in [5.41, 5.74) is 0. The molecule has 60 valence electrons. The van der Waals surface area contributed by atoms with E-state index in [2.05, 4.69) is 11.8 Å². The molecule has 0 spiro atoms. The van der Waals surface area contributed by atoms with E-state index in [-0.39, 0.29) is 6.61 Å². The van der Waals surface area contributed by atoms with Gasteiger partial charge in [0.2, 0.25) is 0 Å². The monoisotopic (exact) mass is 149 g/mol. The Morgan fingerprint density at radius 3 is 2.09 bits per heavy atom. The van der Waals surface area contributed by atoms with Gasteiger partial charge in [-0.3, -0.25) is 0 Å². The van der Waals surface area contributed by atoms with E-state index in [0.717, 1.165) is 24.7 Å². The molecule has 11 heavy (non-hydrogen) atoms. The number of rotatable bonds is 1. The minimum atomic E-state index is 0.148. The van der Waals surface area contributed by atoms with Gasteiger partial charge in [0.25, 0.3) is 0 Å². The van der Waals surface area contributed by atoms with Gasteiger partial charge in [-0.25, -0.2) is 0 Å². The van der Waals surface area contributed by atoms with Crippen molar-refractivity contribution in [2.24, 2.45) is 17.8 Å². The molecular formula is C10H13O-. The molecular weight excluding hydrogens is 136 g/mol. The Kier molecular flexibility index (Phi) is 1.87. The summed E-state index contributed by atoms with van der Waals surface area (Å²) in [6.45, 7) is 0.148. The van der Waals surface area contributed by atoms with E-state index in [1.54, 1.807) is 0 Å². The lowest BCUT2D eigenvalue weighted by Gasteiger charge is -1.99. The number of fused-ring (bicyclic) bond motifs is 1. The first-order valence-corrected chi connectivity index (χ1v) is 4.47. The first kappa shape index (κ1) is 7.18. The molecule has 2 aliphatic rings. The molecule has 2 unspecified atom stereocenters. The molecule has 0 aromatic rings. The van der Waals surface area contributed by atoms with Crippen LogP contribution in [0, 0.1) is 29.6 Å². The Morgan fingerprint density at radius 1 is 1.09 bits per heavy atom. The van der Waals surface area contributed by atoms with Crippen molar-refractivity contribution in [1.29, 1.82) is 0 Å². The van der Waals surface area contributed by atoms with Crippen LogP contribution in [0.5, 0.6) is 0 Å². The highest BCUT2D eigenvalue weighted by atomic mass is 16.3. The molecule has 2 aliphatic carbocycles. The van der Waals surface area contributed by atoms with E-state index >= 15 is 0 Å². The Morgan fingerprint density at radius 2 is 1.64 bits per heavy atom. The SMILES string of the molecule is [O-]CC1C2CCC#CCCC12. The van der Waals surface area contributed by atoms with Crippen LogP contribution in [0.1, 0.15) is 25.7 Å². The maximum Gasteiger partial charge on any atom is 0.00915 e. The largest absolute Gasteiger partial charge is 0.854 e. The van der Waals surface area contributed by atoms with Gasteiger partial charge >= 0.3 is 0 Å². The average molecular weight is 149 g/mol. The van der Waals surface area contributed by atoms with Crippen LogP contribution in [-0.4, -0.2) is 6.61 Å². The zero-order valence-electron chi connectivity index (χ0n) is 6.68. The highest BCUT2D eigenvalue weighted by Gasteiger charge is 2.45. The summed E-state index contributed by atoms with van der Waals surface area (Å²) in [6, 6.07) is 0. The summed E-state index contributed by atoms with van der Waals surface area (Å²) in [5, 5.41) is 10.6. The Balaban J connectivity index is 1.93. The second-order valence-electron chi connectivity index (χ2n) is 3.59. The fourth-order valence-electron chi connectivity index (χ4n) is 2.28. The van der Waals surface area contributed by atoms with Crippen molar-refractivity contribution in [3.8, 4) is 11.8 Å². The van der Waals surface area contributed by atoms with E-state index in [4.69, 9.17) is 0 Å². The quantitative estimate of drug-likeness (QED) is 0.505. The van der Waals surface area contributed by atoms with Gasteiger partial charge in [-0.2, -0.15) is 0 Å². The molecule has 0 aromatic carbocycles. The summed E-state index contributed by atoms with van der Waals surface area (Å²) >= 11 is 0. The zero-order chi connectivity index (χ0) is 7.68. The molecule has 1 heteroatoms. The molecule has 2 rings (SSSR count). The van der Waals surface area contributed by atoms with E-state index in [1.807, 2.05) is 0 Å². The van der Waals surface area contributed by atoms with Gasteiger partial charge in [0.1, 0.15) is 0 Å². The highest BCUT2D eigenvalue weighted by molar-refractivity contribution is 5.07. The molecule has 1 nitrogen and oxygen atoms in total. The second kappa shape index (κ2) is 2.87. The summed E-state index contributed by atoms with van der Waals surface area (Å²) < 4.78 is 0. The maximum atomic E-state index is 10.6. The molecule has 0 saturated heterocycles. The van der Waals surface area contributed by atoms with Crippen LogP contribution in [0.25, 0.3) is 0 Å². The third kappa shape index (κ3) is 1.28. The summed E-state index contributed by atoms with van der Waals surface area (Å²) in [4.78, 5) is 0. The third-order valence-electron chi connectivity index (χ3n) is 3.03. The van der Waals surface area contributed by atoms with E-state index < -0.39 is 0 Å². The van der Waals surface area contributed by atoms with Gasteiger partial charge in [0, 0.05) is 12.8 Å². The number of hydrogen-bond acceptors (Lipinski definition) is 1. The van der Waals surface area contributed by atoms with Gasteiger partial charge in [-0.05, 0) is 24.7 Å². The lowest BCUT2D eigenvalue weighted by molar-refractivity contribution is -0.373. The van der Waals surface area contributed by atoms with Crippen molar-refractivity contribution in [3.05, 3.63) is 0 Å². The second-order valence-corrected chi connectivity index (χ2v) is 3.59. The summed E-state index contributed by atoms with van der Waals surface area (Å²) in [7, 11) is 0. The topological polar surface area (TPSA) is 23.1 Å². The molecule has 0 aliphatic heterocycles. The zero-order valence-corrected chi connectivity index (χ0v) is 6.68. The summed E-state index contributed by atoms with van der Waals surface area (Å²) in [5.74, 6) is 8.29. The van der Waals surface area contributed by atoms with Gasteiger partial charge in [-0.1, -0.05) is 5.92 Å². The highest BCUT2D eigenvalue weighted by Crippen LogP contribution is 2.51. The molecule has 0 heterocycles. The lowest BCUT2D eigenvalue weighted by Crippen LogP contribution is -2.09. The first-order valence-electron chi connectivity index (χ1n) is 4.47. The molecule has 2 atom stereocenters. The van der Waals surface area contributed by atoms with E-state index in [1.165, 1.54) is 12.8 Å². The summed E-state index contributed by atoms with van der Waals surface area (Å²) in [6.07, 6.45) is 4.42. The van der Waals surface area contributed by atoms with Crippen molar-refractivity contribution >= 4 is 0 Å². The molecule has 0 N–H and O–H groups in total. The van der Waals surface area contributed by atoms with Crippen molar-refractivity contribution in [2.75, 3.05) is 6.61 Å². The maximum absolute atomic E-state index is 10.6. The van der Waals surface area contributed by atoms with Gasteiger partial charge in [-0.15, -0.1) is 18.4 Å². The van der Waals surface area contributed by atoms with Crippen LogP contribution in [0.3, 0.4) is 0 Å². The molecule has 1 saturated carbocycles. The minimum Gasteiger partial charge on any atom is -0.854 e. The normalized spacial score (nSPS) is 41.0. The van der Waals surface area contributed by atoms with E-state index in [0.29, 0.717) is 5.92 Å². The fraction of sp³-hybridized carbons (Fsp3) is 0.800. The average Bonchev–Trinajstić information content (AvgIpc) is 2.60. The number of hydrogen-bond donors (Lipinski definition) is 0. The minimum absolute atomic E-state index is 0.148. The first-order chi connectivity index (χ1) is 5.43. The molecule has 0 aromatic heterocycles. The fourth-order valence-corrected chi connectivity index (χ4v) is 2.28. The van der Waals surface area contributed by atoms with Gasteiger partial charge in [0.15, 0.2) is 0 Å². The van der Waals surface area contributed by atoms with Crippen molar-refractivity contribution < 1.29 is 5.11 Å². The van der Waals surface area contributed by atoms with Crippen LogP contribution >= 0.6 is 0 Å². The molecule has 0 radical (unpaired) electrons. The molecule has 1 fully saturated rings. The van der Waals surface area contributed by atoms with Crippen LogP contribution in [0.15, 0.2) is 0 Å². The van der Waals surface area contributed by atoms with Crippen LogP contribution < -0.4 is 5.11 Å². The van der Waals surface area contributed by atoms with Gasteiger partial charge in [0.05, 0.1) is 0 Å². The van der Waals surface area contributed by atoms with Crippen molar-refractivity contribution in [1.82, 2.24) is 0 Å². The lowest BCUT2D eigenvalue weighted by atomic mass is 10.1. The van der Waals surface area contributed by atoms with Crippen LogP contribution in [0.2, 0.25) is 0 Å². The predicted molar refractivity (Wildman–Crippen MR) is 41.6 cm³/mol. The molecule has 0 amide bonds. The molecule has 0 bridgehead atoms. The van der Waals surface area contributed by atoms with Crippen LogP contribution in [-0.2, 0) is 0 Å². The van der Waals surface area contributed by atoms with E-state index in [9.17, 15) is 5.11 Å².